The number of halogens is 7. The Kier molecular flexibility index (Phi) is 8.43. The molecule has 2 aromatic carbocycles. The molecule has 0 spiro atoms. The molecule has 7 nitrogen and oxygen atoms in total. The van der Waals surface area contributed by atoms with Crippen molar-refractivity contribution in [2.24, 2.45) is 0 Å². The average Bonchev–Trinajstić information content (AvgIpc) is 3.23. The minimum atomic E-state index is -5.01. The highest BCUT2D eigenvalue weighted by Crippen LogP contribution is 2.39. The summed E-state index contributed by atoms with van der Waals surface area (Å²) >= 11 is 0. The van der Waals surface area contributed by atoms with Gasteiger partial charge in [0.2, 0.25) is 0 Å². The van der Waals surface area contributed by atoms with Gasteiger partial charge in [-0.15, -0.1) is 0 Å². The van der Waals surface area contributed by atoms with Crippen LogP contribution >= 0.6 is 0 Å². The second kappa shape index (κ2) is 11.3. The van der Waals surface area contributed by atoms with Crippen LogP contribution in [0, 0.1) is 5.82 Å². The summed E-state index contributed by atoms with van der Waals surface area (Å²) in [5.74, 6) is -0.186. The molecule has 1 aliphatic rings. The SMILES string of the molecule is CC(OC1OCCN(Cc2nn(C(C)C)c(=O)[nH]2)C1c1ccc(F)cc1)c1cc(C(F)(F)F)cc(C(F)(F)F)c1. The molecular weight excluding hydrogens is 549 g/mol. The number of morpholine rings is 1. The Morgan fingerprint density at radius 2 is 1.62 bits per heavy atom. The van der Waals surface area contributed by atoms with E-state index in [0.29, 0.717) is 30.1 Å². The van der Waals surface area contributed by atoms with E-state index in [-0.39, 0.29) is 30.8 Å². The third kappa shape index (κ3) is 6.73. The summed E-state index contributed by atoms with van der Waals surface area (Å²) in [5, 5.41) is 4.30. The van der Waals surface area contributed by atoms with E-state index in [2.05, 4.69) is 10.1 Å². The Morgan fingerprint density at radius 3 is 2.15 bits per heavy atom. The number of H-pyrrole nitrogens is 1. The van der Waals surface area contributed by atoms with E-state index >= 15 is 0 Å². The molecule has 1 saturated heterocycles. The van der Waals surface area contributed by atoms with E-state index in [1.807, 2.05) is 4.90 Å². The molecule has 40 heavy (non-hydrogen) atoms. The number of rotatable bonds is 7. The molecule has 3 aromatic rings. The van der Waals surface area contributed by atoms with Gasteiger partial charge in [0, 0.05) is 6.54 Å². The zero-order chi connectivity index (χ0) is 29.4. The van der Waals surface area contributed by atoms with Crippen molar-refractivity contribution in [1.29, 1.82) is 0 Å². The van der Waals surface area contributed by atoms with Crippen LogP contribution in [-0.4, -0.2) is 39.1 Å². The fourth-order valence-electron chi connectivity index (χ4n) is 4.50. The number of alkyl halides is 6. The molecule has 1 aliphatic heterocycles. The maximum absolute atomic E-state index is 13.7. The molecular formula is C26H27F7N4O3. The first-order valence-corrected chi connectivity index (χ1v) is 12.4. The van der Waals surface area contributed by atoms with E-state index in [9.17, 15) is 35.5 Å². The standard InChI is InChI=1S/C26H27F7N4O3/c1-14(2)37-24(38)34-21(35-37)13-36-8-9-39-23(22(36)16-4-6-20(27)7-5-16)40-15(3)17-10-18(25(28,29)30)12-19(11-17)26(31,32)33/h4-7,10-12,14-15,22-23H,8-9,13H2,1-3H3,(H,34,35,38). The Bertz CT molecular complexity index is 1330. The number of aromatic amines is 1. The van der Waals surface area contributed by atoms with Crippen molar-refractivity contribution >= 4 is 0 Å². The first-order chi connectivity index (χ1) is 18.6. The molecule has 3 unspecified atom stereocenters. The molecule has 2 heterocycles. The van der Waals surface area contributed by atoms with Gasteiger partial charge in [0.1, 0.15) is 11.6 Å². The first-order valence-electron chi connectivity index (χ1n) is 12.4. The number of benzene rings is 2. The van der Waals surface area contributed by atoms with E-state index in [0.717, 1.165) is 0 Å². The maximum atomic E-state index is 13.7. The largest absolute Gasteiger partial charge is 0.416 e. The average molecular weight is 577 g/mol. The van der Waals surface area contributed by atoms with Gasteiger partial charge in [0.15, 0.2) is 6.29 Å². The lowest BCUT2D eigenvalue weighted by Gasteiger charge is -2.41. The topological polar surface area (TPSA) is 72.4 Å². The molecule has 0 saturated carbocycles. The highest BCUT2D eigenvalue weighted by molar-refractivity contribution is 5.34. The minimum Gasteiger partial charge on any atom is -0.349 e. The van der Waals surface area contributed by atoms with Gasteiger partial charge in [0.05, 0.1) is 42.5 Å². The third-order valence-corrected chi connectivity index (χ3v) is 6.47. The molecule has 1 aromatic heterocycles. The summed E-state index contributed by atoms with van der Waals surface area (Å²) in [7, 11) is 0. The van der Waals surface area contributed by atoms with E-state index < -0.39 is 53.4 Å². The van der Waals surface area contributed by atoms with Gasteiger partial charge >= 0.3 is 18.0 Å². The van der Waals surface area contributed by atoms with Crippen LogP contribution in [0.4, 0.5) is 30.7 Å². The van der Waals surface area contributed by atoms with Gasteiger partial charge in [-0.05, 0) is 62.2 Å². The van der Waals surface area contributed by atoms with Crippen molar-refractivity contribution in [2.45, 2.75) is 64.1 Å². The van der Waals surface area contributed by atoms with Crippen LogP contribution in [0.3, 0.4) is 0 Å². The highest BCUT2D eigenvalue weighted by atomic mass is 19.4. The van der Waals surface area contributed by atoms with Gasteiger partial charge < -0.3 is 9.47 Å². The summed E-state index contributed by atoms with van der Waals surface area (Å²) in [6.07, 6.45) is -12.4. The zero-order valence-corrected chi connectivity index (χ0v) is 21.7. The Balaban J connectivity index is 1.67. The quantitative estimate of drug-likeness (QED) is 0.349. The summed E-state index contributed by atoms with van der Waals surface area (Å²) in [6, 6.07) is 5.66. The van der Waals surface area contributed by atoms with E-state index in [1.54, 1.807) is 13.8 Å². The van der Waals surface area contributed by atoms with Gasteiger partial charge in [0.25, 0.3) is 0 Å². The number of aromatic nitrogens is 3. The molecule has 0 bridgehead atoms. The van der Waals surface area contributed by atoms with Gasteiger partial charge in [-0.25, -0.2) is 13.9 Å². The normalized spacial score (nSPS) is 19.8. The molecule has 1 N–H and O–H groups in total. The first kappa shape index (κ1) is 29.7. The molecule has 218 valence electrons. The minimum absolute atomic E-state index is 0.0491. The second-order valence-electron chi connectivity index (χ2n) is 9.74. The number of nitrogens with one attached hydrogen (secondary N) is 1. The van der Waals surface area contributed by atoms with Crippen LogP contribution in [0.5, 0.6) is 0 Å². The lowest BCUT2D eigenvalue weighted by molar-refractivity contribution is -0.231. The Hall–Kier alpha value is -3.23. The van der Waals surface area contributed by atoms with Crippen LogP contribution < -0.4 is 5.69 Å². The Morgan fingerprint density at radius 1 is 1.02 bits per heavy atom. The smallest absolute Gasteiger partial charge is 0.349 e. The van der Waals surface area contributed by atoms with Crippen LogP contribution in [0.2, 0.25) is 0 Å². The summed E-state index contributed by atoms with van der Waals surface area (Å²) in [4.78, 5) is 16.8. The van der Waals surface area contributed by atoms with Crippen molar-refractivity contribution in [3.63, 3.8) is 0 Å². The predicted octanol–water partition coefficient (Wildman–Crippen LogP) is 6.01. The summed E-state index contributed by atoms with van der Waals surface area (Å²) in [5.41, 5.74) is -3.16. The maximum Gasteiger partial charge on any atom is 0.416 e. The van der Waals surface area contributed by atoms with Crippen molar-refractivity contribution in [3.05, 3.63) is 86.8 Å². The molecule has 1 fully saturated rings. The number of hydrogen-bond donors (Lipinski definition) is 1. The monoisotopic (exact) mass is 576 g/mol. The molecule has 4 rings (SSSR count). The number of nitrogens with zero attached hydrogens (tertiary/aromatic N) is 3. The molecule has 3 atom stereocenters. The van der Waals surface area contributed by atoms with Crippen LogP contribution in [0.25, 0.3) is 0 Å². The lowest BCUT2D eigenvalue weighted by Crippen LogP contribution is -2.46. The zero-order valence-electron chi connectivity index (χ0n) is 21.7. The van der Waals surface area contributed by atoms with Gasteiger partial charge in [-0.2, -0.15) is 31.4 Å². The number of ether oxygens (including phenoxy) is 2. The van der Waals surface area contributed by atoms with Gasteiger partial charge in [-0.1, -0.05) is 12.1 Å². The van der Waals surface area contributed by atoms with Crippen molar-refractivity contribution < 1.29 is 40.2 Å². The fourth-order valence-corrected chi connectivity index (χ4v) is 4.50. The van der Waals surface area contributed by atoms with Crippen LogP contribution in [0.15, 0.2) is 47.3 Å². The van der Waals surface area contributed by atoms with Crippen molar-refractivity contribution in [1.82, 2.24) is 19.7 Å². The summed E-state index contributed by atoms with van der Waals surface area (Å²) < 4.78 is 107. The van der Waals surface area contributed by atoms with Crippen LogP contribution in [-0.2, 0) is 28.4 Å². The van der Waals surface area contributed by atoms with E-state index in [4.69, 9.17) is 9.47 Å². The van der Waals surface area contributed by atoms with Crippen molar-refractivity contribution in [3.8, 4) is 0 Å². The van der Waals surface area contributed by atoms with Gasteiger partial charge in [-0.3, -0.25) is 9.88 Å². The van der Waals surface area contributed by atoms with Crippen molar-refractivity contribution in [2.75, 3.05) is 13.2 Å². The molecule has 0 radical (unpaired) electrons. The summed E-state index contributed by atoms with van der Waals surface area (Å²) in [6.45, 7) is 5.41. The van der Waals surface area contributed by atoms with E-state index in [1.165, 1.54) is 35.9 Å². The third-order valence-electron chi connectivity index (χ3n) is 6.47. The molecule has 0 amide bonds. The predicted molar refractivity (Wildman–Crippen MR) is 128 cm³/mol. The second-order valence-corrected chi connectivity index (χ2v) is 9.74. The molecule has 14 heteroatoms. The van der Waals surface area contributed by atoms with Crippen LogP contribution in [0.1, 0.15) is 67.0 Å². The Labute approximate surface area is 224 Å². The highest BCUT2D eigenvalue weighted by Gasteiger charge is 2.39. The fraction of sp³-hybridized carbons (Fsp3) is 0.462. The number of hydrogen-bond acceptors (Lipinski definition) is 5. The molecule has 0 aliphatic carbocycles. The lowest BCUT2D eigenvalue weighted by atomic mass is 10.0.